The van der Waals surface area contributed by atoms with Crippen molar-refractivity contribution in [3.05, 3.63) is 11.9 Å². The van der Waals surface area contributed by atoms with Crippen molar-refractivity contribution in [1.29, 1.82) is 0 Å². The fourth-order valence-electron chi connectivity index (χ4n) is 1.61. The molecule has 2 atom stereocenters. The normalized spacial score (nSPS) is 13.9. The number of hydrogen-bond acceptors (Lipinski definition) is 6. The van der Waals surface area contributed by atoms with E-state index in [-0.39, 0.29) is 6.04 Å². The summed E-state index contributed by atoms with van der Waals surface area (Å²) in [5, 5.41) is 3.33. The molecule has 1 aromatic rings. The van der Waals surface area contributed by atoms with Crippen molar-refractivity contribution >= 4 is 10.8 Å². The second-order valence-corrected chi connectivity index (χ2v) is 5.77. The minimum absolute atomic E-state index is 0.249. The van der Waals surface area contributed by atoms with E-state index in [4.69, 9.17) is 9.47 Å². The van der Waals surface area contributed by atoms with E-state index in [0.29, 0.717) is 24.1 Å². The molecule has 108 valence electrons. The molecule has 19 heavy (non-hydrogen) atoms. The van der Waals surface area contributed by atoms with Gasteiger partial charge in [-0.25, -0.2) is 9.97 Å². The number of aromatic nitrogens is 2. The van der Waals surface area contributed by atoms with Crippen LogP contribution in [0.2, 0.25) is 0 Å². The zero-order valence-electron chi connectivity index (χ0n) is 11.8. The predicted octanol–water partition coefficient (Wildman–Crippen LogP) is 0.740. The van der Waals surface area contributed by atoms with Crippen molar-refractivity contribution in [2.75, 3.05) is 26.2 Å². The highest BCUT2D eigenvalue weighted by molar-refractivity contribution is 7.84. The van der Waals surface area contributed by atoms with E-state index in [1.165, 1.54) is 6.33 Å². The molecule has 0 aliphatic rings. The van der Waals surface area contributed by atoms with Gasteiger partial charge in [0.2, 0.25) is 11.8 Å². The van der Waals surface area contributed by atoms with Crippen LogP contribution in [0.1, 0.15) is 18.9 Å². The molecule has 0 saturated carbocycles. The average molecular weight is 287 g/mol. The number of methoxy groups -OCH3 is 2. The first-order valence-electron chi connectivity index (χ1n) is 6.03. The molecule has 0 saturated heterocycles. The van der Waals surface area contributed by atoms with E-state index in [1.54, 1.807) is 20.5 Å². The summed E-state index contributed by atoms with van der Waals surface area (Å²) in [4.78, 5) is 8.11. The van der Waals surface area contributed by atoms with Crippen LogP contribution in [0.25, 0.3) is 0 Å². The third-order valence-corrected chi connectivity index (χ3v) is 3.53. The lowest BCUT2D eigenvalue weighted by Crippen LogP contribution is -2.27. The molecule has 1 aromatic heterocycles. The smallest absolute Gasteiger partial charge is 0.224 e. The Morgan fingerprint density at radius 2 is 1.89 bits per heavy atom. The Bertz CT molecular complexity index is 406. The van der Waals surface area contributed by atoms with Crippen LogP contribution in [0.15, 0.2) is 6.33 Å². The minimum atomic E-state index is -0.760. The maximum atomic E-state index is 11.0. The molecule has 0 aliphatic heterocycles. The number of ether oxygens (including phenoxy) is 2. The van der Waals surface area contributed by atoms with Gasteiger partial charge in [-0.3, -0.25) is 4.21 Å². The van der Waals surface area contributed by atoms with Gasteiger partial charge in [-0.05, 0) is 13.3 Å². The van der Waals surface area contributed by atoms with Gasteiger partial charge in [0.25, 0.3) is 0 Å². The number of hydrogen-bond donors (Lipinski definition) is 1. The highest BCUT2D eigenvalue weighted by Crippen LogP contribution is 2.23. The molecule has 0 amide bonds. The molecule has 1 N–H and O–H groups in total. The van der Waals surface area contributed by atoms with E-state index in [9.17, 15) is 4.21 Å². The zero-order valence-corrected chi connectivity index (χ0v) is 12.6. The van der Waals surface area contributed by atoms with E-state index < -0.39 is 10.8 Å². The lowest BCUT2D eigenvalue weighted by molar-refractivity contribution is 0.357. The van der Waals surface area contributed by atoms with Gasteiger partial charge in [0.1, 0.15) is 6.33 Å². The van der Waals surface area contributed by atoms with Crippen LogP contribution in [0, 0.1) is 0 Å². The molecule has 1 heterocycles. The third-order valence-electron chi connectivity index (χ3n) is 2.72. The Hall–Kier alpha value is -1.21. The number of nitrogens with zero attached hydrogens (tertiary/aromatic N) is 2. The molecule has 6 nitrogen and oxygen atoms in total. The first-order valence-corrected chi connectivity index (χ1v) is 7.76. The summed E-state index contributed by atoms with van der Waals surface area (Å²) in [5.74, 6) is 1.70. The van der Waals surface area contributed by atoms with Crippen molar-refractivity contribution in [2.45, 2.75) is 25.9 Å². The lowest BCUT2D eigenvalue weighted by Gasteiger charge is -2.15. The number of nitrogens with one attached hydrogen (secondary N) is 1. The van der Waals surface area contributed by atoms with Gasteiger partial charge in [-0.1, -0.05) is 0 Å². The first kappa shape index (κ1) is 15.8. The predicted molar refractivity (Wildman–Crippen MR) is 75.0 cm³/mol. The Kier molecular flexibility index (Phi) is 6.72. The monoisotopic (exact) mass is 287 g/mol. The van der Waals surface area contributed by atoms with Gasteiger partial charge in [-0.15, -0.1) is 0 Å². The van der Waals surface area contributed by atoms with Gasteiger partial charge in [0, 0.05) is 35.4 Å². The minimum Gasteiger partial charge on any atom is -0.481 e. The second kappa shape index (κ2) is 8.06. The molecule has 0 aromatic carbocycles. The molecule has 2 unspecified atom stereocenters. The Morgan fingerprint density at radius 3 is 2.37 bits per heavy atom. The van der Waals surface area contributed by atoms with E-state index >= 15 is 0 Å². The summed E-state index contributed by atoms with van der Waals surface area (Å²) in [6.07, 6.45) is 3.97. The molecule has 0 fully saturated rings. The summed E-state index contributed by atoms with van der Waals surface area (Å²) in [7, 11) is 2.37. The highest BCUT2D eigenvalue weighted by Gasteiger charge is 2.13. The van der Waals surface area contributed by atoms with Gasteiger partial charge in [0.05, 0.1) is 19.8 Å². The van der Waals surface area contributed by atoms with Gasteiger partial charge in [-0.2, -0.15) is 0 Å². The molecule has 7 heteroatoms. The lowest BCUT2D eigenvalue weighted by atomic mass is 10.2. The highest BCUT2D eigenvalue weighted by atomic mass is 32.2. The summed E-state index contributed by atoms with van der Waals surface area (Å²) in [5.41, 5.74) is 0.789. The van der Waals surface area contributed by atoms with Gasteiger partial charge < -0.3 is 14.8 Å². The standard InChI is InChI=1S/C12H21N3O3S/c1-9(5-6-19(4)16)13-7-10-11(17-2)14-8-15-12(10)18-3/h8-9,13H,5-7H2,1-4H3. The first-order chi connectivity index (χ1) is 9.08. The molecule has 0 radical (unpaired) electrons. The SMILES string of the molecule is COc1ncnc(OC)c1CNC(C)CCS(C)=O. The molecule has 0 spiro atoms. The Balaban J connectivity index is 2.63. The Morgan fingerprint density at radius 1 is 1.32 bits per heavy atom. The zero-order chi connectivity index (χ0) is 14.3. The van der Waals surface area contributed by atoms with E-state index in [0.717, 1.165) is 12.0 Å². The van der Waals surface area contributed by atoms with Crippen LogP contribution in [0.4, 0.5) is 0 Å². The number of rotatable bonds is 8. The van der Waals surface area contributed by atoms with Crippen molar-refractivity contribution in [1.82, 2.24) is 15.3 Å². The second-order valence-electron chi connectivity index (χ2n) is 4.22. The van der Waals surface area contributed by atoms with Crippen LogP contribution in [0.5, 0.6) is 11.8 Å². The van der Waals surface area contributed by atoms with Gasteiger partial charge in [0.15, 0.2) is 0 Å². The maximum absolute atomic E-state index is 11.0. The molecule has 1 rings (SSSR count). The summed E-state index contributed by atoms with van der Waals surface area (Å²) >= 11 is 0. The van der Waals surface area contributed by atoms with Crippen molar-refractivity contribution in [2.24, 2.45) is 0 Å². The fraction of sp³-hybridized carbons (Fsp3) is 0.667. The average Bonchev–Trinajstić information content (AvgIpc) is 2.42. The molecular weight excluding hydrogens is 266 g/mol. The van der Waals surface area contributed by atoms with Crippen LogP contribution < -0.4 is 14.8 Å². The maximum Gasteiger partial charge on any atom is 0.224 e. The summed E-state index contributed by atoms with van der Waals surface area (Å²) < 4.78 is 21.4. The van der Waals surface area contributed by atoms with Crippen molar-refractivity contribution in [3.8, 4) is 11.8 Å². The van der Waals surface area contributed by atoms with E-state index in [2.05, 4.69) is 22.2 Å². The topological polar surface area (TPSA) is 73.3 Å². The van der Waals surface area contributed by atoms with Crippen molar-refractivity contribution in [3.63, 3.8) is 0 Å². The third kappa shape index (κ3) is 5.12. The van der Waals surface area contributed by atoms with E-state index in [1.807, 2.05) is 0 Å². The molecule has 0 aliphatic carbocycles. The molecular formula is C12H21N3O3S. The van der Waals surface area contributed by atoms with Crippen molar-refractivity contribution < 1.29 is 13.7 Å². The van der Waals surface area contributed by atoms with Crippen LogP contribution >= 0.6 is 0 Å². The fourth-order valence-corrected chi connectivity index (χ4v) is 2.29. The van der Waals surface area contributed by atoms with Crippen LogP contribution in [0.3, 0.4) is 0 Å². The summed E-state index contributed by atoms with van der Waals surface area (Å²) in [6, 6.07) is 0.249. The Labute approximate surface area is 116 Å². The quantitative estimate of drug-likeness (QED) is 0.760. The van der Waals surface area contributed by atoms with Crippen LogP contribution in [-0.2, 0) is 17.3 Å². The van der Waals surface area contributed by atoms with Gasteiger partial charge >= 0.3 is 0 Å². The largest absolute Gasteiger partial charge is 0.481 e. The molecule has 0 bridgehead atoms. The van der Waals surface area contributed by atoms with Crippen LogP contribution in [-0.4, -0.2) is 46.4 Å². The summed E-state index contributed by atoms with van der Waals surface area (Å²) in [6.45, 7) is 2.60.